The lowest BCUT2D eigenvalue weighted by molar-refractivity contribution is 0.0866. The van der Waals surface area contributed by atoms with Crippen LogP contribution in [0.15, 0.2) is 29.2 Å². The van der Waals surface area contributed by atoms with Crippen LogP contribution in [0.5, 0.6) is 0 Å². The van der Waals surface area contributed by atoms with Crippen LogP contribution in [0, 0.1) is 0 Å². The second-order valence-electron chi connectivity index (χ2n) is 6.89. The maximum Gasteiger partial charge on any atom is 0.243 e. The Bertz CT molecular complexity index is 604. The van der Waals surface area contributed by atoms with Crippen molar-refractivity contribution in [2.45, 2.75) is 63.0 Å². The van der Waals surface area contributed by atoms with Gasteiger partial charge in [-0.05, 0) is 36.8 Å². The van der Waals surface area contributed by atoms with Gasteiger partial charge in [-0.2, -0.15) is 4.31 Å². The number of nitrogens with zero attached hydrogens (tertiary/aromatic N) is 1. The molecule has 1 saturated heterocycles. The lowest BCUT2D eigenvalue weighted by Crippen LogP contribution is -2.46. The zero-order valence-electron chi connectivity index (χ0n) is 13.2. The number of piperidine rings is 1. The first-order chi connectivity index (χ1) is 9.64. The molecule has 0 radical (unpaired) electrons. The Balaban J connectivity index is 2.46. The second kappa shape index (κ2) is 5.71. The summed E-state index contributed by atoms with van der Waals surface area (Å²) >= 11 is 0. The number of hydrogen-bond donors (Lipinski definition) is 1. The highest BCUT2D eigenvalue weighted by Gasteiger charge is 2.36. The molecule has 1 aliphatic heterocycles. The normalized spacial score (nSPS) is 25.0. The highest BCUT2D eigenvalue weighted by atomic mass is 32.2. The quantitative estimate of drug-likeness (QED) is 0.913. The monoisotopic (exact) mass is 311 g/mol. The average molecular weight is 311 g/mol. The van der Waals surface area contributed by atoms with E-state index in [1.54, 1.807) is 12.1 Å². The summed E-state index contributed by atoms with van der Waals surface area (Å²) in [5, 5.41) is 9.70. The Morgan fingerprint density at radius 3 is 2.43 bits per heavy atom. The third-order valence-corrected chi connectivity index (χ3v) is 6.14. The first-order valence-electron chi connectivity index (χ1n) is 7.43. The summed E-state index contributed by atoms with van der Waals surface area (Å²) in [4.78, 5) is 0.390. The van der Waals surface area contributed by atoms with Crippen LogP contribution in [0.4, 0.5) is 0 Å². The van der Waals surface area contributed by atoms with Crippen molar-refractivity contribution in [1.29, 1.82) is 0 Å². The molecule has 118 valence electrons. The Morgan fingerprint density at radius 2 is 1.86 bits per heavy atom. The van der Waals surface area contributed by atoms with Crippen LogP contribution in [-0.4, -0.2) is 36.5 Å². The van der Waals surface area contributed by atoms with E-state index in [-0.39, 0.29) is 11.5 Å². The smallest absolute Gasteiger partial charge is 0.243 e. The minimum atomic E-state index is -3.53. The molecule has 0 aromatic heterocycles. The molecule has 0 amide bonds. The van der Waals surface area contributed by atoms with E-state index >= 15 is 0 Å². The highest BCUT2D eigenvalue weighted by Crippen LogP contribution is 2.32. The molecule has 1 fully saturated rings. The van der Waals surface area contributed by atoms with Gasteiger partial charge in [0.1, 0.15) is 0 Å². The molecule has 0 bridgehead atoms. The summed E-state index contributed by atoms with van der Waals surface area (Å²) in [5.74, 6) is 0. The van der Waals surface area contributed by atoms with Crippen molar-refractivity contribution in [3.63, 3.8) is 0 Å². The molecule has 4 nitrogen and oxygen atoms in total. The fourth-order valence-electron chi connectivity index (χ4n) is 2.92. The van der Waals surface area contributed by atoms with Crippen LogP contribution >= 0.6 is 0 Å². The lowest BCUT2D eigenvalue weighted by atomic mass is 9.87. The first kappa shape index (κ1) is 16.5. The van der Waals surface area contributed by atoms with Gasteiger partial charge in [-0.1, -0.05) is 39.0 Å². The molecule has 0 spiro atoms. The van der Waals surface area contributed by atoms with Crippen LogP contribution in [0.25, 0.3) is 0 Å². The molecule has 1 heterocycles. The lowest BCUT2D eigenvalue weighted by Gasteiger charge is -2.36. The molecular formula is C16H25NO3S. The van der Waals surface area contributed by atoms with Crippen LogP contribution < -0.4 is 0 Å². The van der Waals surface area contributed by atoms with Crippen LogP contribution in [0.2, 0.25) is 0 Å². The molecule has 1 aromatic rings. The maximum atomic E-state index is 13.0. The standard InChI is InChI=1S/C16H25NO3S/c1-12-11-13(18)9-10-17(12)21(19,20)15-8-6-5-7-14(15)16(2,3)4/h5-8,12-13,18H,9-11H2,1-4H3/t12-,13+/m1/s1. The molecule has 1 aliphatic rings. The second-order valence-corrected chi connectivity index (χ2v) is 8.75. The fourth-order valence-corrected chi connectivity index (χ4v) is 4.98. The van der Waals surface area contributed by atoms with Crippen LogP contribution in [-0.2, 0) is 15.4 Å². The molecule has 1 aromatic carbocycles. The van der Waals surface area contributed by atoms with Gasteiger partial charge in [0.2, 0.25) is 10.0 Å². The van der Waals surface area contributed by atoms with Gasteiger partial charge < -0.3 is 5.11 Å². The highest BCUT2D eigenvalue weighted by molar-refractivity contribution is 7.89. The zero-order chi connectivity index (χ0) is 15.8. The Morgan fingerprint density at radius 1 is 1.24 bits per heavy atom. The number of aliphatic hydroxyl groups excluding tert-OH is 1. The van der Waals surface area contributed by atoms with Gasteiger partial charge in [0.25, 0.3) is 0 Å². The molecular weight excluding hydrogens is 286 g/mol. The van der Waals surface area contributed by atoms with Gasteiger partial charge in [-0.3, -0.25) is 0 Å². The largest absolute Gasteiger partial charge is 0.393 e. The van der Waals surface area contributed by atoms with Crippen molar-refractivity contribution in [3.8, 4) is 0 Å². The number of sulfonamides is 1. The fraction of sp³-hybridized carbons (Fsp3) is 0.625. The van der Waals surface area contributed by atoms with Gasteiger partial charge in [-0.15, -0.1) is 0 Å². The van der Waals surface area contributed by atoms with E-state index in [9.17, 15) is 13.5 Å². The molecule has 2 rings (SSSR count). The Labute approximate surface area is 127 Å². The van der Waals surface area contributed by atoms with Gasteiger partial charge in [0.15, 0.2) is 0 Å². The van der Waals surface area contributed by atoms with Crippen molar-refractivity contribution in [2.75, 3.05) is 6.54 Å². The molecule has 0 unspecified atom stereocenters. The summed E-state index contributed by atoms with van der Waals surface area (Å²) < 4.78 is 27.6. The number of hydrogen-bond acceptors (Lipinski definition) is 3. The minimum absolute atomic E-state index is 0.174. The van der Waals surface area contributed by atoms with E-state index in [1.807, 2.05) is 39.8 Å². The molecule has 0 saturated carbocycles. The number of aliphatic hydroxyl groups is 1. The molecule has 1 N–H and O–H groups in total. The molecule has 5 heteroatoms. The summed E-state index contributed by atoms with van der Waals surface area (Å²) in [6.07, 6.45) is 0.599. The molecule has 21 heavy (non-hydrogen) atoms. The zero-order valence-corrected chi connectivity index (χ0v) is 14.0. The minimum Gasteiger partial charge on any atom is -0.393 e. The van der Waals surface area contributed by atoms with Crippen LogP contribution in [0.3, 0.4) is 0 Å². The van der Waals surface area contributed by atoms with E-state index in [4.69, 9.17) is 0 Å². The molecule has 2 atom stereocenters. The van der Waals surface area contributed by atoms with E-state index in [0.29, 0.717) is 24.3 Å². The van der Waals surface area contributed by atoms with Gasteiger partial charge in [0, 0.05) is 12.6 Å². The van der Waals surface area contributed by atoms with E-state index in [2.05, 4.69) is 0 Å². The topological polar surface area (TPSA) is 57.6 Å². The summed E-state index contributed by atoms with van der Waals surface area (Å²) in [7, 11) is -3.53. The van der Waals surface area contributed by atoms with Crippen molar-refractivity contribution >= 4 is 10.0 Å². The first-order valence-corrected chi connectivity index (χ1v) is 8.87. The Hall–Kier alpha value is -0.910. The van der Waals surface area contributed by atoms with Gasteiger partial charge in [0.05, 0.1) is 11.0 Å². The van der Waals surface area contributed by atoms with Crippen molar-refractivity contribution < 1.29 is 13.5 Å². The summed E-state index contributed by atoms with van der Waals surface area (Å²) in [5.41, 5.74) is 0.602. The summed E-state index contributed by atoms with van der Waals surface area (Å²) in [6.45, 7) is 8.29. The van der Waals surface area contributed by atoms with Crippen molar-refractivity contribution in [2.24, 2.45) is 0 Å². The van der Waals surface area contributed by atoms with Crippen molar-refractivity contribution in [3.05, 3.63) is 29.8 Å². The SMILES string of the molecule is C[C@@H]1C[C@@H](O)CCN1S(=O)(=O)c1ccccc1C(C)(C)C. The third kappa shape index (κ3) is 3.30. The van der Waals surface area contributed by atoms with E-state index < -0.39 is 16.1 Å². The third-order valence-electron chi connectivity index (χ3n) is 4.07. The van der Waals surface area contributed by atoms with Gasteiger partial charge in [-0.25, -0.2) is 8.42 Å². The molecule has 0 aliphatic carbocycles. The summed E-state index contributed by atoms with van der Waals surface area (Å²) in [6, 6.07) is 7.05. The predicted molar refractivity (Wildman–Crippen MR) is 83.7 cm³/mol. The maximum absolute atomic E-state index is 13.0. The number of benzene rings is 1. The van der Waals surface area contributed by atoms with Gasteiger partial charge >= 0.3 is 0 Å². The Kier molecular flexibility index (Phi) is 4.47. The predicted octanol–water partition coefficient (Wildman–Crippen LogP) is 2.52. The average Bonchev–Trinajstić information content (AvgIpc) is 2.37. The van der Waals surface area contributed by atoms with E-state index in [0.717, 1.165) is 5.56 Å². The van der Waals surface area contributed by atoms with E-state index in [1.165, 1.54) is 4.31 Å². The van der Waals surface area contributed by atoms with Crippen LogP contribution in [0.1, 0.15) is 46.1 Å². The number of rotatable bonds is 2. The van der Waals surface area contributed by atoms with Crippen molar-refractivity contribution in [1.82, 2.24) is 4.31 Å².